The molecular weight excluding hydrogens is 237 g/mol. The molecule has 1 atom stereocenters. The molecule has 0 aliphatic heterocycles. The third-order valence-corrected chi connectivity index (χ3v) is 2.46. The number of hydrogen-bond donors (Lipinski definition) is 2. The normalized spacial score (nSPS) is 11.9. The van der Waals surface area contributed by atoms with Gasteiger partial charge in [0.05, 0.1) is 0 Å². The molecule has 0 bridgehead atoms. The Morgan fingerprint density at radius 3 is 2.44 bits per heavy atom. The van der Waals surface area contributed by atoms with Gasteiger partial charge in [-0.25, -0.2) is 4.39 Å². The minimum atomic E-state index is -0.908. The monoisotopic (exact) mass is 253 g/mol. The van der Waals surface area contributed by atoms with E-state index in [4.69, 9.17) is 5.11 Å². The van der Waals surface area contributed by atoms with E-state index in [1.807, 2.05) is 0 Å². The van der Waals surface area contributed by atoms with E-state index in [0.717, 1.165) is 5.56 Å². The maximum absolute atomic E-state index is 12.6. The summed E-state index contributed by atoms with van der Waals surface area (Å²) in [6.45, 7) is 2.03. The van der Waals surface area contributed by atoms with Crippen LogP contribution in [-0.2, 0) is 16.1 Å². The predicted molar refractivity (Wildman–Crippen MR) is 64.3 cm³/mol. The SMILES string of the molecule is C[C@@H](CC(=O)O)CC(=O)NCc1ccc(F)cc1. The second-order valence-corrected chi connectivity index (χ2v) is 4.31. The Balaban J connectivity index is 2.32. The van der Waals surface area contributed by atoms with Crippen molar-refractivity contribution in [3.05, 3.63) is 35.6 Å². The van der Waals surface area contributed by atoms with Crippen LogP contribution < -0.4 is 5.32 Å². The molecule has 5 heteroatoms. The van der Waals surface area contributed by atoms with Crippen molar-refractivity contribution >= 4 is 11.9 Å². The first-order chi connectivity index (χ1) is 8.47. The van der Waals surface area contributed by atoms with Crippen molar-refractivity contribution in [2.75, 3.05) is 0 Å². The van der Waals surface area contributed by atoms with Crippen LogP contribution in [0.25, 0.3) is 0 Å². The van der Waals surface area contributed by atoms with Gasteiger partial charge in [0.25, 0.3) is 0 Å². The molecular formula is C13H16FNO3. The molecule has 0 spiro atoms. The van der Waals surface area contributed by atoms with Crippen molar-refractivity contribution < 1.29 is 19.1 Å². The highest BCUT2D eigenvalue weighted by atomic mass is 19.1. The van der Waals surface area contributed by atoms with E-state index in [-0.39, 0.29) is 30.5 Å². The molecule has 0 aliphatic rings. The number of nitrogens with one attached hydrogen (secondary N) is 1. The summed E-state index contributed by atoms with van der Waals surface area (Å²) in [4.78, 5) is 21.9. The van der Waals surface area contributed by atoms with Crippen LogP contribution in [0.15, 0.2) is 24.3 Å². The lowest BCUT2D eigenvalue weighted by molar-refractivity contribution is -0.138. The summed E-state index contributed by atoms with van der Waals surface area (Å²) in [6.07, 6.45) is 0.150. The predicted octanol–water partition coefficient (Wildman–Crippen LogP) is 1.94. The number of amides is 1. The van der Waals surface area contributed by atoms with Crippen molar-refractivity contribution in [3.8, 4) is 0 Å². The molecule has 0 heterocycles. The number of carboxylic acids is 1. The van der Waals surface area contributed by atoms with Crippen molar-refractivity contribution in [1.29, 1.82) is 0 Å². The summed E-state index contributed by atoms with van der Waals surface area (Å²) in [5, 5.41) is 11.2. The summed E-state index contributed by atoms with van der Waals surface area (Å²) in [7, 11) is 0. The maximum Gasteiger partial charge on any atom is 0.303 e. The summed E-state index contributed by atoms with van der Waals surface area (Å²) >= 11 is 0. The minimum Gasteiger partial charge on any atom is -0.481 e. The Morgan fingerprint density at radius 2 is 1.89 bits per heavy atom. The topological polar surface area (TPSA) is 66.4 Å². The van der Waals surface area contributed by atoms with Gasteiger partial charge in [-0.15, -0.1) is 0 Å². The third kappa shape index (κ3) is 5.43. The van der Waals surface area contributed by atoms with Crippen molar-refractivity contribution in [3.63, 3.8) is 0 Å². The number of hydrogen-bond acceptors (Lipinski definition) is 2. The molecule has 0 aromatic heterocycles. The molecule has 2 N–H and O–H groups in total. The van der Waals surface area contributed by atoms with Gasteiger partial charge in [0.2, 0.25) is 5.91 Å². The molecule has 1 amide bonds. The fourth-order valence-corrected chi connectivity index (χ4v) is 1.56. The summed E-state index contributed by atoms with van der Waals surface area (Å²) in [6, 6.07) is 5.84. The van der Waals surface area contributed by atoms with Gasteiger partial charge < -0.3 is 10.4 Å². The second-order valence-electron chi connectivity index (χ2n) is 4.31. The first kappa shape index (κ1) is 14.2. The molecule has 0 unspecified atom stereocenters. The van der Waals surface area contributed by atoms with Crippen LogP contribution in [0.5, 0.6) is 0 Å². The van der Waals surface area contributed by atoms with Crippen LogP contribution in [-0.4, -0.2) is 17.0 Å². The first-order valence-electron chi connectivity index (χ1n) is 5.70. The largest absolute Gasteiger partial charge is 0.481 e. The average molecular weight is 253 g/mol. The van der Waals surface area contributed by atoms with E-state index in [2.05, 4.69) is 5.32 Å². The number of carbonyl (C=O) groups is 2. The zero-order valence-electron chi connectivity index (χ0n) is 10.1. The highest BCUT2D eigenvalue weighted by Crippen LogP contribution is 2.07. The van der Waals surface area contributed by atoms with Gasteiger partial charge in [-0.05, 0) is 23.6 Å². The van der Waals surface area contributed by atoms with Gasteiger partial charge in [0.15, 0.2) is 0 Å². The van der Waals surface area contributed by atoms with Gasteiger partial charge in [-0.3, -0.25) is 9.59 Å². The van der Waals surface area contributed by atoms with Crippen LogP contribution in [0.1, 0.15) is 25.3 Å². The Labute approximate surface area is 105 Å². The van der Waals surface area contributed by atoms with Crippen LogP contribution in [0.3, 0.4) is 0 Å². The molecule has 0 aliphatic carbocycles. The molecule has 0 radical (unpaired) electrons. The molecule has 1 aromatic rings. The van der Waals surface area contributed by atoms with Crippen molar-refractivity contribution in [2.24, 2.45) is 5.92 Å². The van der Waals surface area contributed by atoms with Crippen LogP contribution in [0.2, 0.25) is 0 Å². The molecule has 4 nitrogen and oxygen atoms in total. The zero-order valence-corrected chi connectivity index (χ0v) is 10.1. The number of aliphatic carboxylic acids is 1. The summed E-state index contributed by atoms with van der Waals surface area (Å²) in [5.41, 5.74) is 0.802. The van der Waals surface area contributed by atoms with Crippen molar-refractivity contribution in [2.45, 2.75) is 26.3 Å². The average Bonchev–Trinajstić information content (AvgIpc) is 2.27. The Hall–Kier alpha value is -1.91. The maximum atomic E-state index is 12.6. The lowest BCUT2D eigenvalue weighted by atomic mass is 10.0. The molecule has 18 heavy (non-hydrogen) atoms. The fourth-order valence-electron chi connectivity index (χ4n) is 1.56. The van der Waals surface area contributed by atoms with Crippen molar-refractivity contribution in [1.82, 2.24) is 5.32 Å². The lowest BCUT2D eigenvalue weighted by Crippen LogP contribution is -2.25. The van der Waals surface area contributed by atoms with Crippen LogP contribution >= 0.6 is 0 Å². The number of carbonyl (C=O) groups excluding carboxylic acids is 1. The van der Waals surface area contributed by atoms with E-state index < -0.39 is 5.97 Å². The molecule has 0 saturated carbocycles. The molecule has 1 aromatic carbocycles. The Morgan fingerprint density at radius 1 is 1.28 bits per heavy atom. The van der Waals surface area contributed by atoms with E-state index in [0.29, 0.717) is 6.54 Å². The molecule has 1 rings (SSSR count). The summed E-state index contributed by atoms with van der Waals surface area (Å²) in [5.74, 6) is -1.63. The molecule has 0 saturated heterocycles. The fraction of sp³-hybridized carbons (Fsp3) is 0.385. The first-order valence-corrected chi connectivity index (χ1v) is 5.70. The Bertz CT molecular complexity index is 417. The van der Waals surface area contributed by atoms with Gasteiger partial charge in [0.1, 0.15) is 5.82 Å². The number of benzene rings is 1. The standard InChI is InChI=1S/C13H16FNO3/c1-9(7-13(17)18)6-12(16)15-8-10-2-4-11(14)5-3-10/h2-5,9H,6-8H2,1H3,(H,15,16)(H,17,18)/t9-/m1/s1. The second kappa shape index (κ2) is 6.74. The van der Waals surface area contributed by atoms with Gasteiger partial charge in [-0.2, -0.15) is 0 Å². The van der Waals surface area contributed by atoms with E-state index >= 15 is 0 Å². The van der Waals surface area contributed by atoms with Crippen LogP contribution in [0.4, 0.5) is 4.39 Å². The van der Waals surface area contributed by atoms with Gasteiger partial charge in [-0.1, -0.05) is 19.1 Å². The highest BCUT2D eigenvalue weighted by Gasteiger charge is 2.12. The van der Waals surface area contributed by atoms with E-state index in [1.54, 1.807) is 19.1 Å². The number of carboxylic acid groups (broad SMARTS) is 1. The van der Waals surface area contributed by atoms with E-state index in [1.165, 1.54) is 12.1 Å². The minimum absolute atomic E-state index is 0.0238. The lowest BCUT2D eigenvalue weighted by Gasteiger charge is -2.09. The molecule has 98 valence electrons. The zero-order chi connectivity index (χ0) is 13.5. The number of rotatable bonds is 6. The quantitative estimate of drug-likeness (QED) is 0.814. The summed E-state index contributed by atoms with van der Waals surface area (Å²) < 4.78 is 12.6. The Kier molecular flexibility index (Phi) is 5.30. The smallest absolute Gasteiger partial charge is 0.303 e. The van der Waals surface area contributed by atoms with Gasteiger partial charge >= 0.3 is 5.97 Å². The van der Waals surface area contributed by atoms with Crippen LogP contribution in [0, 0.1) is 11.7 Å². The highest BCUT2D eigenvalue weighted by molar-refractivity contribution is 5.77. The number of halogens is 1. The van der Waals surface area contributed by atoms with Gasteiger partial charge in [0, 0.05) is 19.4 Å². The van der Waals surface area contributed by atoms with E-state index in [9.17, 15) is 14.0 Å². The molecule has 0 fully saturated rings. The third-order valence-electron chi connectivity index (χ3n) is 2.46.